The van der Waals surface area contributed by atoms with Crippen LogP contribution in [0.4, 0.5) is 0 Å². The van der Waals surface area contributed by atoms with Crippen LogP contribution in [0.2, 0.25) is 0 Å². The van der Waals surface area contributed by atoms with E-state index in [-0.39, 0.29) is 0 Å². The molecule has 2 aromatic heterocycles. The van der Waals surface area contributed by atoms with Gasteiger partial charge in [-0.1, -0.05) is 74.5 Å². The van der Waals surface area contributed by atoms with Crippen LogP contribution in [-0.4, -0.2) is 4.98 Å². The van der Waals surface area contributed by atoms with Crippen LogP contribution >= 0.6 is 0 Å². The Morgan fingerprint density at radius 3 is 2.14 bits per heavy atom. The summed E-state index contributed by atoms with van der Waals surface area (Å²) >= 11 is 0. The topological polar surface area (TPSA) is 26.0 Å². The molecular weight excluding hydrogens is 438 g/mol. The molecule has 0 aliphatic heterocycles. The monoisotopic (exact) mass is 468 g/mol. The lowest BCUT2D eigenvalue weighted by Crippen LogP contribution is -1.96. The van der Waals surface area contributed by atoms with Crippen molar-refractivity contribution in [2.24, 2.45) is 0 Å². The number of furan rings is 1. The van der Waals surface area contributed by atoms with Gasteiger partial charge in [-0.05, 0) is 89.0 Å². The van der Waals surface area contributed by atoms with E-state index in [9.17, 15) is 0 Å². The van der Waals surface area contributed by atoms with Crippen molar-refractivity contribution in [1.29, 1.82) is 0 Å². The van der Waals surface area contributed by atoms with Crippen LogP contribution in [0.25, 0.3) is 55.4 Å². The van der Waals surface area contributed by atoms with E-state index in [0.29, 0.717) is 0 Å². The number of hydrogen-bond donors (Lipinski definition) is 0. The first-order valence-electron chi connectivity index (χ1n) is 13.2. The summed E-state index contributed by atoms with van der Waals surface area (Å²) in [5.74, 6) is -0.599. The fraction of sp³-hybridized carbons (Fsp3) is 0.147. The molecule has 0 unspecified atom stereocenters. The molecule has 2 heterocycles. The van der Waals surface area contributed by atoms with E-state index in [4.69, 9.17) is 5.79 Å². The van der Waals surface area contributed by atoms with Gasteiger partial charge in [0.1, 0.15) is 11.2 Å². The third-order valence-corrected chi connectivity index (χ3v) is 7.08. The zero-order chi connectivity index (χ0) is 25.4. The summed E-state index contributed by atoms with van der Waals surface area (Å²) in [5.41, 5.74) is 9.25. The van der Waals surface area contributed by atoms with Crippen LogP contribution in [0.5, 0.6) is 0 Å². The first-order valence-corrected chi connectivity index (χ1v) is 12.7. The number of benzene rings is 4. The maximum atomic E-state index is 8.90. The second kappa shape index (κ2) is 9.47. The normalized spacial score (nSPS) is 12.2. The molecule has 2 heteroatoms. The van der Waals surface area contributed by atoms with Crippen LogP contribution in [0.1, 0.15) is 39.5 Å². The molecule has 6 rings (SSSR count). The standard InChI is InChI=1S/C34H29NO/c1-3-23(4-2)26-17-18-35-31(21-26)27-15-16-32-30(19-27)34-29(25-13-9-6-10-14-25)20-28(22-33(34)36-32)24-11-7-5-8-12-24/h5-23H,3-4H2,1-2H3/i23D. The minimum Gasteiger partial charge on any atom is -0.456 e. The quantitative estimate of drug-likeness (QED) is 0.243. The minimum atomic E-state index is -0.599. The molecule has 0 atom stereocenters. The smallest absolute Gasteiger partial charge is 0.136 e. The Hall–Kier alpha value is -4.17. The second-order valence-electron chi connectivity index (χ2n) is 9.18. The second-order valence-corrected chi connectivity index (χ2v) is 9.18. The third kappa shape index (κ3) is 3.99. The largest absolute Gasteiger partial charge is 0.456 e. The average Bonchev–Trinajstić information content (AvgIpc) is 3.35. The average molecular weight is 469 g/mol. The van der Waals surface area contributed by atoms with Crippen molar-refractivity contribution in [3.63, 3.8) is 0 Å². The van der Waals surface area contributed by atoms with Crippen LogP contribution < -0.4 is 0 Å². The fourth-order valence-electron chi connectivity index (χ4n) is 5.18. The zero-order valence-corrected chi connectivity index (χ0v) is 20.7. The van der Waals surface area contributed by atoms with Gasteiger partial charge in [-0.25, -0.2) is 0 Å². The zero-order valence-electron chi connectivity index (χ0n) is 21.7. The van der Waals surface area contributed by atoms with Crippen LogP contribution in [0, 0.1) is 0 Å². The summed E-state index contributed by atoms with van der Waals surface area (Å²) in [5, 5.41) is 2.18. The van der Waals surface area contributed by atoms with Gasteiger partial charge in [0.25, 0.3) is 0 Å². The summed E-state index contributed by atoms with van der Waals surface area (Å²) in [6, 6.07) is 35.7. The molecule has 176 valence electrons. The van der Waals surface area contributed by atoms with Crippen molar-refractivity contribution in [3.8, 4) is 33.5 Å². The molecule has 0 aliphatic carbocycles. The van der Waals surface area contributed by atoms with E-state index in [1.54, 1.807) is 0 Å². The van der Waals surface area contributed by atoms with Gasteiger partial charge >= 0.3 is 0 Å². The van der Waals surface area contributed by atoms with Gasteiger partial charge in [0.2, 0.25) is 0 Å². The van der Waals surface area contributed by atoms with Gasteiger partial charge in [-0.2, -0.15) is 0 Å². The van der Waals surface area contributed by atoms with E-state index >= 15 is 0 Å². The first kappa shape index (κ1) is 21.1. The number of aromatic nitrogens is 1. The van der Waals surface area contributed by atoms with Gasteiger partial charge in [0.05, 0.1) is 5.69 Å². The predicted molar refractivity (Wildman–Crippen MR) is 151 cm³/mol. The van der Waals surface area contributed by atoms with E-state index in [1.807, 2.05) is 30.5 Å². The Balaban J connectivity index is 1.58. The molecule has 6 aromatic rings. The summed E-state index contributed by atoms with van der Waals surface area (Å²) in [6.07, 6.45) is 3.36. The molecular formula is C34H29NO. The Labute approximate surface area is 213 Å². The van der Waals surface area contributed by atoms with E-state index in [1.165, 1.54) is 0 Å². The van der Waals surface area contributed by atoms with E-state index in [2.05, 4.69) is 97.7 Å². The Morgan fingerprint density at radius 2 is 1.42 bits per heavy atom. The van der Waals surface area contributed by atoms with Gasteiger partial charge in [0.15, 0.2) is 0 Å². The van der Waals surface area contributed by atoms with Crippen molar-refractivity contribution in [2.75, 3.05) is 0 Å². The molecule has 0 saturated heterocycles. The van der Waals surface area contributed by atoms with Crippen LogP contribution in [0.15, 0.2) is 114 Å². The molecule has 0 aliphatic rings. The summed E-state index contributed by atoms with van der Waals surface area (Å²) in [7, 11) is 0. The highest BCUT2D eigenvalue weighted by molar-refractivity contribution is 6.14. The van der Waals surface area contributed by atoms with Gasteiger partial charge in [-0.15, -0.1) is 0 Å². The first-order chi connectivity index (χ1) is 18.1. The van der Waals surface area contributed by atoms with Crippen molar-refractivity contribution in [1.82, 2.24) is 4.98 Å². The van der Waals surface area contributed by atoms with E-state index in [0.717, 1.165) is 73.9 Å². The number of rotatable bonds is 6. The van der Waals surface area contributed by atoms with Gasteiger partial charge in [0, 0.05) is 23.9 Å². The number of hydrogen-bond acceptors (Lipinski definition) is 2. The van der Waals surface area contributed by atoms with Crippen LogP contribution in [-0.2, 0) is 0 Å². The predicted octanol–water partition coefficient (Wildman–Crippen LogP) is 9.89. The highest BCUT2D eigenvalue weighted by atomic mass is 16.3. The molecule has 4 aromatic carbocycles. The number of pyridine rings is 1. The van der Waals surface area contributed by atoms with Crippen molar-refractivity contribution in [2.45, 2.75) is 32.6 Å². The highest BCUT2D eigenvalue weighted by Gasteiger charge is 2.17. The molecule has 0 saturated carbocycles. The highest BCUT2D eigenvalue weighted by Crippen LogP contribution is 2.41. The lowest BCUT2D eigenvalue weighted by Gasteiger charge is -2.13. The Morgan fingerprint density at radius 1 is 0.694 bits per heavy atom. The molecule has 0 bridgehead atoms. The molecule has 36 heavy (non-hydrogen) atoms. The Bertz CT molecular complexity index is 1700. The summed E-state index contributed by atoms with van der Waals surface area (Å²) < 4.78 is 15.3. The lowest BCUT2D eigenvalue weighted by atomic mass is 9.92. The number of nitrogens with zero attached hydrogens (tertiary/aromatic N) is 1. The minimum absolute atomic E-state index is 0.599. The third-order valence-electron chi connectivity index (χ3n) is 7.08. The van der Waals surface area contributed by atoms with Crippen LogP contribution in [0.3, 0.4) is 0 Å². The van der Waals surface area contributed by atoms with Crippen molar-refractivity contribution >= 4 is 21.9 Å². The van der Waals surface area contributed by atoms with Crippen molar-refractivity contribution < 1.29 is 5.79 Å². The Kier molecular flexibility index (Phi) is 5.56. The number of fused-ring (bicyclic) bond motifs is 3. The summed E-state index contributed by atoms with van der Waals surface area (Å²) in [4.78, 5) is 4.68. The summed E-state index contributed by atoms with van der Waals surface area (Å²) in [6.45, 7) is 4.16. The SMILES string of the molecule is [2H]C(CC)(CC)c1ccnc(-c2ccc3oc4cc(-c5ccccc5)cc(-c5ccccc5)c4c3c2)c1. The van der Waals surface area contributed by atoms with Crippen molar-refractivity contribution in [3.05, 3.63) is 115 Å². The van der Waals surface area contributed by atoms with Gasteiger partial charge < -0.3 is 4.42 Å². The lowest BCUT2D eigenvalue weighted by molar-refractivity contribution is 0.641. The molecule has 2 nitrogen and oxygen atoms in total. The van der Waals surface area contributed by atoms with Gasteiger partial charge in [-0.3, -0.25) is 4.98 Å². The molecule has 0 amide bonds. The molecule has 0 fully saturated rings. The van der Waals surface area contributed by atoms with E-state index < -0.39 is 5.89 Å². The fourth-order valence-corrected chi connectivity index (χ4v) is 5.18. The maximum Gasteiger partial charge on any atom is 0.136 e. The maximum absolute atomic E-state index is 8.90. The molecule has 0 radical (unpaired) electrons. The molecule has 0 N–H and O–H groups in total. The molecule has 0 spiro atoms.